The first-order valence-electron chi connectivity index (χ1n) is 12.6. The summed E-state index contributed by atoms with van der Waals surface area (Å²) < 4.78 is 0. The fourth-order valence-electron chi connectivity index (χ4n) is 4.34. The zero-order valence-electron chi connectivity index (χ0n) is 21.1. The summed E-state index contributed by atoms with van der Waals surface area (Å²) in [4.78, 5) is 20.6. The fraction of sp³-hybridized carbons (Fsp3) is 0.290. The fourth-order valence-corrected chi connectivity index (χ4v) is 4.34. The molecule has 1 aromatic heterocycles. The first-order valence-corrected chi connectivity index (χ1v) is 12.6. The Hall–Kier alpha value is -3.66. The van der Waals surface area contributed by atoms with Crippen LogP contribution in [0.25, 0.3) is 22.2 Å². The van der Waals surface area contributed by atoms with Crippen molar-refractivity contribution < 1.29 is 4.79 Å². The summed E-state index contributed by atoms with van der Waals surface area (Å²) in [5.41, 5.74) is 7.07. The van der Waals surface area contributed by atoms with E-state index in [-0.39, 0.29) is 5.91 Å². The van der Waals surface area contributed by atoms with Gasteiger partial charge in [-0.15, -0.1) is 0 Å². The molecule has 3 aromatic carbocycles. The number of unbranched alkanes of at least 4 members (excludes halogenated alkanes) is 1. The number of nitrogens with zero attached hydrogens (tertiary/aromatic N) is 2. The van der Waals surface area contributed by atoms with Gasteiger partial charge < -0.3 is 10.2 Å². The topological polar surface area (TPSA) is 45.2 Å². The number of amides is 1. The van der Waals surface area contributed by atoms with Gasteiger partial charge in [-0.25, -0.2) is 4.98 Å². The minimum Gasteiger partial charge on any atom is -0.371 e. The van der Waals surface area contributed by atoms with Gasteiger partial charge in [0, 0.05) is 36.3 Å². The Balaban J connectivity index is 1.48. The minimum atomic E-state index is -0.0477. The van der Waals surface area contributed by atoms with E-state index in [0.29, 0.717) is 12.1 Å². The molecule has 0 aliphatic heterocycles. The summed E-state index contributed by atoms with van der Waals surface area (Å²) in [5, 5.41) is 4.04. The molecule has 0 unspecified atom stereocenters. The van der Waals surface area contributed by atoms with Crippen LogP contribution in [-0.2, 0) is 0 Å². The molecule has 1 amide bonds. The van der Waals surface area contributed by atoms with Gasteiger partial charge in [-0.3, -0.25) is 4.79 Å². The molecule has 0 radical (unpaired) electrons. The van der Waals surface area contributed by atoms with Gasteiger partial charge in [-0.2, -0.15) is 0 Å². The highest BCUT2D eigenvalue weighted by molar-refractivity contribution is 6.07. The molecule has 35 heavy (non-hydrogen) atoms. The maximum Gasteiger partial charge on any atom is 0.252 e. The molecule has 4 rings (SSSR count). The van der Waals surface area contributed by atoms with Crippen LogP contribution >= 0.6 is 0 Å². The molecule has 0 aliphatic carbocycles. The maximum absolute atomic E-state index is 13.3. The predicted molar refractivity (Wildman–Crippen MR) is 147 cm³/mol. The molecule has 0 bridgehead atoms. The van der Waals surface area contributed by atoms with Gasteiger partial charge in [0.15, 0.2) is 0 Å². The van der Waals surface area contributed by atoms with E-state index in [0.717, 1.165) is 54.5 Å². The molecule has 1 heterocycles. The van der Waals surface area contributed by atoms with Crippen LogP contribution in [0, 0.1) is 13.8 Å². The molecule has 0 aliphatic rings. The van der Waals surface area contributed by atoms with Gasteiger partial charge in [0.1, 0.15) is 0 Å². The zero-order chi connectivity index (χ0) is 24.6. The third-order valence-corrected chi connectivity index (χ3v) is 6.56. The van der Waals surface area contributed by atoms with Crippen molar-refractivity contribution in [3.63, 3.8) is 0 Å². The Bertz CT molecular complexity index is 1280. The standard InChI is InChI=1S/C31H35N3O/c1-4-5-19-34(26-12-7-6-8-13-26)20-11-18-32-31(35)28-22-30(25-17-16-23(2)24(3)21-25)33-29-15-10-9-14-27(28)29/h6-10,12-17,21-22H,4-5,11,18-20H2,1-3H3,(H,32,35). The van der Waals surface area contributed by atoms with E-state index in [2.05, 4.69) is 73.5 Å². The molecular formula is C31H35N3O. The minimum absolute atomic E-state index is 0.0477. The van der Waals surface area contributed by atoms with Crippen molar-refractivity contribution in [2.75, 3.05) is 24.5 Å². The van der Waals surface area contributed by atoms with E-state index in [1.54, 1.807) is 0 Å². The van der Waals surface area contributed by atoms with Crippen LogP contribution in [0.3, 0.4) is 0 Å². The average Bonchev–Trinajstić information content (AvgIpc) is 2.89. The SMILES string of the molecule is CCCCN(CCCNC(=O)c1cc(-c2ccc(C)c(C)c2)nc2ccccc12)c1ccccc1. The van der Waals surface area contributed by atoms with Crippen LogP contribution < -0.4 is 10.2 Å². The van der Waals surface area contributed by atoms with Crippen LogP contribution in [-0.4, -0.2) is 30.5 Å². The molecule has 0 spiro atoms. The van der Waals surface area contributed by atoms with Crippen molar-refractivity contribution in [2.24, 2.45) is 0 Å². The number of rotatable bonds is 10. The normalized spacial score (nSPS) is 10.9. The van der Waals surface area contributed by atoms with E-state index in [4.69, 9.17) is 4.98 Å². The van der Waals surface area contributed by atoms with Gasteiger partial charge >= 0.3 is 0 Å². The number of para-hydroxylation sites is 2. The van der Waals surface area contributed by atoms with E-state index < -0.39 is 0 Å². The van der Waals surface area contributed by atoms with Crippen molar-refractivity contribution in [1.29, 1.82) is 0 Å². The van der Waals surface area contributed by atoms with Crippen molar-refractivity contribution in [3.8, 4) is 11.3 Å². The Kier molecular flexibility index (Phi) is 8.15. The second-order valence-corrected chi connectivity index (χ2v) is 9.16. The number of fused-ring (bicyclic) bond motifs is 1. The molecule has 4 nitrogen and oxygen atoms in total. The summed E-state index contributed by atoms with van der Waals surface area (Å²) in [5.74, 6) is -0.0477. The lowest BCUT2D eigenvalue weighted by atomic mass is 10.0. The van der Waals surface area contributed by atoms with Gasteiger partial charge in [-0.05, 0) is 68.1 Å². The van der Waals surface area contributed by atoms with Gasteiger partial charge in [-0.1, -0.05) is 61.9 Å². The number of aromatic nitrogens is 1. The lowest BCUT2D eigenvalue weighted by Crippen LogP contribution is -2.30. The number of anilines is 1. The highest BCUT2D eigenvalue weighted by atomic mass is 16.1. The Morgan fingerprint density at radius 1 is 0.857 bits per heavy atom. The third kappa shape index (κ3) is 6.07. The summed E-state index contributed by atoms with van der Waals surface area (Å²) in [6, 6.07) is 26.7. The van der Waals surface area contributed by atoms with Crippen LogP contribution in [0.2, 0.25) is 0 Å². The number of hydrogen-bond donors (Lipinski definition) is 1. The van der Waals surface area contributed by atoms with E-state index in [1.807, 2.05) is 36.4 Å². The van der Waals surface area contributed by atoms with Crippen LogP contribution in [0.1, 0.15) is 47.7 Å². The zero-order valence-corrected chi connectivity index (χ0v) is 21.1. The Morgan fingerprint density at radius 3 is 2.37 bits per heavy atom. The van der Waals surface area contributed by atoms with Gasteiger partial charge in [0.05, 0.1) is 16.8 Å². The molecule has 4 aromatic rings. The highest BCUT2D eigenvalue weighted by Gasteiger charge is 2.14. The monoisotopic (exact) mass is 465 g/mol. The van der Waals surface area contributed by atoms with Crippen LogP contribution in [0.5, 0.6) is 0 Å². The molecule has 1 N–H and O–H groups in total. The van der Waals surface area contributed by atoms with Gasteiger partial charge in [0.2, 0.25) is 0 Å². The number of benzene rings is 3. The number of aryl methyl sites for hydroxylation is 2. The first-order chi connectivity index (χ1) is 17.1. The molecule has 4 heteroatoms. The average molecular weight is 466 g/mol. The Morgan fingerprint density at radius 2 is 1.60 bits per heavy atom. The number of hydrogen-bond acceptors (Lipinski definition) is 3. The van der Waals surface area contributed by atoms with Crippen molar-refractivity contribution >= 4 is 22.5 Å². The predicted octanol–water partition coefficient (Wildman–Crippen LogP) is 6.95. The van der Waals surface area contributed by atoms with Crippen LogP contribution in [0.15, 0.2) is 78.9 Å². The van der Waals surface area contributed by atoms with E-state index in [9.17, 15) is 4.79 Å². The molecule has 0 saturated heterocycles. The largest absolute Gasteiger partial charge is 0.371 e. The quantitative estimate of drug-likeness (QED) is 0.258. The number of nitrogens with one attached hydrogen (secondary N) is 1. The van der Waals surface area contributed by atoms with Crippen molar-refractivity contribution in [3.05, 3.63) is 95.6 Å². The third-order valence-electron chi connectivity index (χ3n) is 6.56. The van der Waals surface area contributed by atoms with E-state index in [1.165, 1.54) is 16.8 Å². The number of carbonyl (C=O) groups is 1. The molecular weight excluding hydrogens is 430 g/mol. The molecule has 0 saturated carbocycles. The second kappa shape index (κ2) is 11.7. The lowest BCUT2D eigenvalue weighted by Gasteiger charge is -2.25. The smallest absolute Gasteiger partial charge is 0.252 e. The number of carbonyl (C=O) groups excluding carboxylic acids is 1. The van der Waals surface area contributed by atoms with Crippen molar-refractivity contribution in [1.82, 2.24) is 10.3 Å². The summed E-state index contributed by atoms with van der Waals surface area (Å²) >= 11 is 0. The summed E-state index contributed by atoms with van der Waals surface area (Å²) in [7, 11) is 0. The second-order valence-electron chi connectivity index (χ2n) is 9.16. The highest BCUT2D eigenvalue weighted by Crippen LogP contribution is 2.26. The maximum atomic E-state index is 13.3. The summed E-state index contributed by atoms with van der Waals surface area (Å²) in [6.07, 6.45) is 3.21. The Labute approximate surface area is 209 Å². The molecule has 0 atom stereocenters. The van der Waals surface area contributed by atoms with Crippen LogP contribution in [0.4, 0.5) is 5.69 Å². The molecule has 180 valence electrons. The lowest BCUT2D eigenvalue weighted by molar-refractivity contribution is 0.0955. The van der Waals surface area contributed by atoms with E-state index >= 15 is 0 Å². The first kappa shape index (κ1) is 24.5. The van der Waals surface area contributed by atoms with Crippen molar-refractivity contribution in [2.45, 2.75) is 40.0 Å². The molecule has 0 fully saturated rings. The summed E-state index contributed by atoms with van der Waals surface area (Å²) in [6.45, 7) is 9.00. The number of pyridine rings is 1. The van der Waals surface area contributed by atoms with Gasteiger partial charge in [0.25, 0.3) is 5.91 Å².